The number of methoxy groups -OCH3 is 1. The van der Waals surface area contributed by atoms with Crippen LogP contribution in [0.2, 0.25) is 0 Å². The second kappa shape index (κ2) is 10.7. The van der Waals surface area contributed by atoms with E-state index in [2.05, 4.69) is 10.6 Å². The molecule has 2 unspecified atom stereocenters. The molecular weight excluding hydrogens is 486 g/mol. The van der Waals surface area contributed by atoms with Crippen molar-refractivity contribution in [3.8, 4) is 5.75 Å². The number of thioether (sulfide) groups is 1. The number of carboxylic acids is 1. The van der Waals surface area contributed by atoms with Gasteiger partial charge in [0.2, 0.25) is 5.91 Å². The normalized spacial score (nSPS) is 19.5. The molecule has 2 aliphatic rings. The number of nitrogens with zero attached hydrogens (tertiary/aromatic N) is 1. The van der Waals surface area contributed by atoms with Crippen molar-refractivity contribution in [1.82, 2.24) is 15.5 Å². The van der Waals surface area contributed by atoms with Crippen molar-refractivity contribution < 1.29 is 33.8 Å². The molecule has 2 aromatic rings. The van der Waals surface area contributed by atoms with Crippen LogP contribution < -0.4 is 15.4 Å². The lowest BCUT2D eigenvalue weighted by molar-refractivity contribution is -0.151. The number of carbonyl (C=O) groups excluding carboxylic acids is 3. The van der Waals surface area contributed by atoms with E-state index in [-0.39, 0.29) is 12.3 Å². The molecule has 3 N–H and O–H groups in total. The van der Waals surface area contributed by atoms with Crippen LogP contribution >= 0.6 is 11.8 Å². The molecule has 1 saturated heterocycles. The fourth-order valence-corrected chi connectivity index (χ4v) is 5.28. The third kappa shape index (κ3) is 5.15. The number of hydrogen-bond acceptors (Lipinski definition) is 7. The van der Waals surface area contributed by atoms with Gasteiger partial charge in [0.05, 0.1) is 7.11 Å². The number of aliphatic carboxylic acids is 1. The molecule has 11 heteroatoms. The van der Waals surface area contributed by atoms with Crippen LogP contribution in [-0.2, 0) is 25.7 Å². The van der Waals surface area contributed by atoms with E-state index in [0.717, 1.165) is 5.56 Å². The highest BCUT2D eigenvalue weighted by atomic mass is 32.2. The first-order valence-corrected chi connectivity index (χ1v) is 12.1. The molecule has 0 saturated carbocycles. The maximum Gasteiger partial charge on any atom is 0.408 e. The number of amides is 3. The lowest BCUT2D eigenvalue weighted by Crippen LogP contribution is -2.71. The van der Waals surface area contributed by atoms with Gasteiger partial charge in [-0.2, -0.15) is 0 Å². The summed E-state index contributed by atoms with van der Waals surface area (Å²) < 4.78 is 10.4. The molecule has 36 heavy (non-hydrogen) atoms. The maximum atomic E-state index is 13.2. The van der Waals surface area contributed by atoms with Gasteiger partial charge in [-0.15, -0.1) is 11.8 Å². The highest BCUT2D eigenvalue weighted by Crippen LogP contribution is 2.40. The zero-order valence-electron chi connectivity index (χ0n) is 19.6. The molecule has 4 rings (SSSR count). The predicted octanol–water partition coefficient (Wildman–Crippen LogP) is 2.42. The van der Waals surface area contributed by atoms with E-state index in [4.69, 9.17) is 9.47 Å². The third-order valence-corrected chi connectivity index (χ3v) is 7.27. The minimum Gasteiger partial charge on any atom is -0.497 e. The number of carbonyl (C=O) groups is 4. The average Bonchev–Trinajstić information content (AvgIpc) is 2.89. The molecule has 0 spiro atoms. The second-order valence-electron chi connectivity index (χ2n) is 8.24. The smallest absolute Gasteiger partial charge is 0.408 e. The molecule has 0 aliphatic carbocycles. The molecule has 0 radical (unpaired) electrons. The van der Waals surface area contributed by atoms with Gasteiger partial charge in [-0.05, 0) is 35.8 Å². The molecule has 1 fully saturated rings. The zero-order valence-corrected chi connectivity index (χ0v) is 20.4. The summed E-state index contributed by atoms with van der Waals surface area (Å²) >= 11 is 1.37. The molecule has 0 bridgehead atoms. The first kappa shape index (κ1) is 25.1. The van der Waals surface area contributed by atoms with Crippen molar-refractivity contribution in [1.29, 1.82) is 0 Å². The van der Waals surface area contributed by atoms with Crippen molar-refractivity contribution in [3.05, 3.63) is 77.0 Å². The average molecular weight is 512 g/mol. The zero-order chi connectivity index (χ0) is 25.8. The summed E-state index contributed by atoms with van der Waals surface area (Å²) in [4.78, 5) is 51.4. The van der Waals surface area contributed by atoms with Crippen LogP contribution in [0.3, 0.4) is 0 Å². The Morgan fingerprint density at radius 1 is 1.14 bits per heavy atom. The quantitative estimate of drug-likeness (QED) is 0.460. The molecule has 10 nitrogen and oxygen atoms in total. The van der Waals surface area contributed by atoms with Crippen LogP contribution in [0.4, 0.5) is 4.79 Å². The highest BCUT2D eigenvalue weighted by molar-refractivity contribution is 8.00. The van der Waals surface area contributed by atoms with Crippen molar-refractivity contribution in [2.75, 3.05) is 12.9 Å². The maximum absolute atomic E-state index is 13.2. The van der Waals surface area contributed by atoms with Gasteiger partial charge in [-0.3, -0.25) is 14.5 Å². The molecular formula is C25H25N3O7S. The molecule has 3 amide bonds. The second-order valence-corrected chi connectivity index (χ2v) is 9.35. The predicted molar refractivity (Wildman–Crippen MR) is 131 cm³/mol. The first-order valence-electron chi connectivity index (χ1n) is 11.1. The summed E-state index contributed by atoms with van der Waals surface area (Å²) in [5, 5.41) is 14.2. The van der Waals surface area contributed by atoms with Crippen molar-refractivity contribution >= 4 is 35.6 Å². The van der Waals surface area contributed by atoms with E-state index in [1.165, 1.54) is 16.7 Å². The van der Waals surface area contributed by atoms with Crippen molar-refractivity contribution in [2.24, 2.45) is 0 Å². The minimum absolute atomic E-state index is 0.0165. The van der Waals surface area contributed by atoms with Crippen LogP contribution in [0.5, 0.6) is 5.75 Å². The van der Waals surface area contributed by atoms with Crippen LogP contribution in [0.1, 0.15) is 24.1 Å². The van der Waals surface area contributed by atoms with Gasteiger partial charge in [0.25, 0.3) is 5.91 Å². The SMILES string of the molecule is COc1ccc(COC(=O)NC(C(=O)NC2C(=O)N3C(C(=O)O)=C(C)CS[C@@H]23)c2ccccc2)cc1. The van der Waals surface area contributed by atoms with Gasteiger partial charge in [0, 0.05) is 5.75 Å². The van der Waals surface area contributed by atoms with Crippen molar-refractivity contribution in [3.63, 3.8) is 0 Å². The molecule has 2 heterocycles. The van der Waals surface area contributed by atoms with E-state index < -0.39 is 41.3 Å². The first-order chi connectivity index (χ1) is 17.3. The van der Waals surface area contributed by atoms with Gasteiger partial charge in [-0.25, -0.2) is 9.59 Å². The van der Waals surface area contributed by atoms with Crippen LogP contribution in [0.15, 0.2) is 65.9 Å². The van der Waals surface area contributed by atoms with Gasteiger partial charge >= 0.3 is 12.1 Å². The van der Waals surface area contributed by atoms with Gasteiger partial charge in [0.15, 0.2) is 0 Å². The molecule has 2 aliphatic heterocycles. The fourth-order valence-electron chi connectivity index (χ4n) is 3.99. The topological polar surface area (TPSA) is 134 Å². The third-order valence-electron chi connectivity index (χ3n) is 5.85. The van der Waals surface area contributed by atoms with Gasteiger partial charge in [-0.1, -0.05) is 42.5 Å². The Labute approximate surface area is 211 Å². The van der Waals surface area contributed by atoms with E-state index in [1.54, 1.807) is 68.6 Å². The van der Waals surface area contributed by atoms with E-state index in [9.17, 15) is 24.3 Å². The summed E-state index contributed by atoms with van der Waals surface area (Å²) in [5.74, 6) is -1.19. The molecule has 188 valence electrons. The number of nitrogens with one attached hydrogen (secondary N) is 2. The van der Waals surface area contributed by atoms with E-state index in [1.807, 2.05) is 0 Å². The standard InChI is InChI=1S/C25H25N3O7S/c1-14-13-36-23-19(22(30)28(23)20(14)24(31)32)26-21(29)18(16-6-4-3-5-7-16)27-25(33)35-12-15-8-10-17(34-2)11-9-15/h3-11,18-19,23H,12-13H2,1-2H3,(H,26,29)(H,27,33)(H,31,32)/t18?,19?,23-/m0/s1. The van der Waals surface area contributed by atoms with E-state index >= 15 is 0 Å². The molecule has 0 aromatic heterocycles. The van der Waals surface area contributed by atoms with Crippen LogP contribution in [-0.4, -0.2) is 58.2 Å². The summed E-state index contributed by atoms with van der Waals surface area (Å²) in [6, 6.07) is 13.5. The van der Waals surface area contributed by atoms with E-state index in [0.29, 0.717) is 22.6 Å². The lowest BCUT2D eigenvalue weighted by atomic mass is 10.0. The summed E-state index contributed by atoms with van der Waals surface area (Å²) in [5.41, 5.74) is 1.77. The Bertz CT molecular complexity index is 1200. The lowest BCUT2D eigenvalue weighted by Gasteiger charge is -2.49. The number of fused-ring (bicyclic) bond motifs is 1. The number of β-lactam (4-membered cyclic amide) rings is 1. The number of alkyl carbamates (subject to hydrolysis) is 1. The number of carboxylic acid groups (broad SMARTS) is 1. The number of ether oxygens (including phenoxy) is 2. The summed E-state index contributed by atoms with van der Waals surface area (Å²) in [7, 11) is 1.55. The largest absolute Gasteiger partial charge is 0.497 e. The fraction of sp³-hybridized carbons (Fsp3) is 0.280. The Balaban J connectivity index is 1.43. The molecule has 2 aromatic carbocycles. The summed E-state index contributed by atoms with van der Waals surface area (Å²) in [6.07, 6.45) is -0.810. The summed E-state index contributed by atoms with van der Waals surface area (Å²) in [6.45, 7) is 1.65. The van der Waals surface area contributed by atoms with Crippen molar-refractivity contribution in [2.45, 2.75) is 31.0 Å². The Morgan fingerprint density at radius 2 is 1.83 bits per heavy atom. The Morgan fingerprint density at radius 3 is 2.47 bits per heavy atom. The van der Waals surface area contributed by atoms with Gasteiger partial charge in [0.1, 0.15) is 35.5 Å². The van der Waals surface area contributed by atoms with Crippen LogP contribution in [0.25, 0.3) is 0 Å². The minimum atomic E-state index is -1.18. The number of benzene rings is 2. The van der Waals surface area contributed by atoms with Crippen LogP contribution in [0, 0.1) is 0 Å². The monoisotopic (exact) mass is 511 g/mol. The Hall–Kier alpha value is -3.99. The van der Waals surface area contributed by atoms with Gasteiger partial charge < -0.3 is 25.2 Å². The highest BCUT2D eigenvalue weighted by Gasteiger charge is 2.54. The number of rotatable bonds is 8. The number of hydrogen-bond donors (Lipinski definition) is 3. The molecule has 3 atom stereocenters. The Kier molecular flexibility index (Phi) is 7.49.